The van der Waals surface area contributed by atoms with Crippen molar-refractivity contribution in [3.05, 3.63) is 47.0 Å². The van der Waals surface area contributed by atoms with Crippen LogP contribution in [0, 0.1) is 4.78 Å². The average molecular weight is 493 g/mol. The van der Waals surface area contributed by atoms with Crippen LogP contribution in [0.15, 0.2) is 44.3 Å². The van der Waals surface area contributed by atoms with Crippen molar-refractivity contribution >= 4 is 38.5 Å². The summed E-state index contributed by atoms with van der Waals surface area (Å²) in [5.74, 6) is 0.608. The minimum atomic E-state index is -3.28. The third-order valence-electron chi connectivity index (χ3n) is 6.19. The summed E-state index contributed by atoms with van der Waals surface area (Å²) in [6.45, 7) is 1.62. The third-order valence-corrected chi connectivity index (χ3v) is 8.28. The first-order valence-electron chi connectivity index (χ1n) is 11.0. The number of fused-ring (bicyclic) bond motifs is 1. The molecule has 0 spiro atoms. The number of nitrogens with zero attached hydrogens (tertiary/aromatic N) is 2. The zero-order chi connectivity index (χ0) is 23.0. The van der Waals surface area contributed by atoms with Crippen molar-refractivity contribution in [3.63, 3.8) is 0 Å². The Morgan fingerprint density at radius 3 is 2.64 bits per heavy atom. The van der Waals surface area contributed by atoms with Gasteiger partial charge in [-0.15, -0.1) is 0 Å². The Labute approximate surface area is 196 Å². The number of furan rings is 1. The van der Waals surface area contributed by atoms with Crippen LogP contribution in [0.3, 0.4) is 0 Å². The van der Waals surface area contributed by atoms with E-state index in [9.17, 15) is 9.00 Å². The lowest BCUT2D eigenvalue weighted by Gasteiger charge is -2.27. The number of benzene rings is 1. The van der Waals surface area contributed by atoms with E-state index in [1.807, 2.05) is 6.07 Å². The lowest BCUT2D eigenvalue weighted by Crippen LogP contribution is -2.40. The van der Waals surface area contributed by atoms with Gasteiger partial charge in [0.2, 0.25) is 5.09 Å². The quantitative estimate of drug-likeness (QED) is 0.551. The van der Waals surface area contributed by atoms with Crippen LogP contribution < -0.4 is 5.32 Å². The minimum Gasteiger partial charge on any atom is -0.440 e. The Morgan fingerprint density at radius 2 is 1.88 bits per heavy atom. The molecule has 1 aromatic carbocycles. The van der Waals surface area contributed by atoms with Crippen LogP contribution in [0.5, 0.6) is 0 Å². The number of aromatic nitrogens is 1. The highest BCUT2D eigenvalue weighted by Gasteiger charge is 2.29. The summed E-state index contributed by atoms with van der Waals surface area (Å²) in [7, 11) is -3.28. The predicted octanol–water partition coefficient (Wildman–Crippen LogP) is 4.18. The lowest BCUT2D eigenvalue weighted by molar-refractivity contribution is 0.0736. The lowest BCUT2D eigenvalue weighted by atomic mass is 9.86. The van der Waals surface area contributed by atoms with Gasteiger partial charge in [-0.3, -0.25) is 4.79 Å². The molecule has 0 radical (unpaired) electrons. The number of rotatable bonds is 5. The molecule has 1 saturated heterocycles. The fourth-order valence-corrected chi connectivity index (χ4v) is 5.90. The fraction of sp³-hybridized carbons (Fsp3) is 0.455. The molecule has 3 aromatic rings. The van der Waals surface area contributed by atoms with Crippen molar-refractivity contribution < 1.29 is 22.6 Å². The van der Waals surface area contributed by atoms with E-state index < -0.39 is 9.92 Å². The van der Waals surface area contributed by atoms with Gasteiger partial charge in [-0.1, -0.05) is 11.6 Å². The molecule has 0 bridgehead atoms. The van der Waals surface area contributed by atoms with Crippen LogP contribution in [-0.2, 0) is 14.7 Å². The molecule has 1 unspecified atom stereocenters. The SMILES string of the molecule is N=S(=O)(c1ccc(C(=O)NC2CCC(c3nc4cc(Cl)ccc4o3)CC2)o1)N1CCOCC1. The average Bonchev–Trinajstić information content (AvgIpc) is 3.48. The molecule has 2 aromatic heterocycles. The summed E-state index contributed by atoms with van der Waals surface area (Å²) in [5.41, 5.74) is 1.48. The van der Waals surface area contributed by atoms with Gasteiger partial charge in [0.25, 0.3) is 5.91 Å². The second-order valence-corrected chi connectivity index (χ2v) is 10.8. The first-order chi connectivity index (χ1) is 15.9. The van der Waals surface area contributed by atoms with Crippen molar-refractivity contribution in [2.45, 2.75) is 42.7 Å². The summed E-state index contributed by atoms with van der Waals surface area (Å²) in [6, 6.07) is 8.34. The van der Waals surface area contributed by atoms with E-state index in [2.05, 4.69) is 10.3 Å². The highest BCUT2D eigenvalue weighted by Crippen LogP contribution is 2.34. The van der Waals surface area contributed by atoms with Crippen LogP contribution >= 0.6 is 11.6 Å². The molecule has 1 atom stereocenters. The van der Waals surface area contributed by atoms with Crippen molar-refractivity contribution in [1.29, 1.82) is 4.78 Å². The topological polar surface area (TPSA) is 122 Å². The number of nitrogens with one attached hydrogen (secondary N) is 2. The molecule has 1 saturated carbocycles. The van der Waals surface area contributed by atoms with Gasteiger partial charge in [0.1, 0.15) is 5.52 Å². The normalized spacial score (nSPS) is 23.9. The van der Waals surface area contributed by atoms with Crippen molar-refractivity contribution in [2.75, 3.05) is 26.3 Å². The van der Waals surface area contributed by atoms with Crippen LogP contribution in [0.2, 0.25) is 5.02 Å². The van der Waals surface area contributed by atoms with Gasteiger partial charge in [-0.2, -0.15) is 0 Å². The summed E-state index contributed by atoms with van der Waals surface area (Å²) in [5, 5.41) is 3.62. The maximum absolute atomic E-state index is 12.9. The van der Waals surface area contributed by atoms with Gasteiger partial charge in [-0.25, -0.2) is 18.3 Å². The number of morpholine rings is 1. The first-order valence-corrected chi connectivity index (χ1v) is 12.9. The molecule has 1 aliphatic heterocycles. The van der Waals surface area contributed by atoms with Gasteiger partial charge < -0.3 is 18.9 Å². The highest BCUT2D eigenvalue weighted by molar-refractivity contribution is 7.90. The number of oxazole rings is 1. The molecule has 2 fully saturated rings. The monoisotopic (exact) mass is 492 g/mol. The first kappa shape index (κ1) is 22.4. The van der Waals surface area contributed by atoms with Crippen LogP contribution in [0.4, 0.5) is 0 Å². The van der Waals surface area contributed by atoms with Gasteiger partial charge in [0, 0.05) is 30.1 Å². The van der Waals surface area contributed by atoms with Crippen LogP contribution in [0.1, 0.15) is 48.0 Å². The Bertz CT molecular complexity index is 1260. The predicted molar refractivity (Wildman–Crippen MR) is 122 cm³/mol. The smallest absolute Gasteiger partial charge is 0.287 e. The summed E-state index contributed by atoms with van der Waals surface area (Å²) < 4.78 is 39.4. The molecular formula is C22H25ClN4O5S. The molecule has 1 aliphatic carbocycles. The second kappa shape index (κ2) is 9.09. The van der Waals surface area contributed by atoms with Gasteiger partial charge in [-0.05, 0) is 56.0 Å². The van der Waals surface area contributed by atoms with Crippen LogP contribution in [0.25, 0.3) is 11.1 Å². The summed E-state index contributed by atoms with van der Waals surface area (Å²) >= 11 is 6.03. The summed E-state index contributed by atoms with van der Waals surface area (Å²) in [4.78, 5) is 17.3. The van der Waals surface area contributed by atoms with Crippen molar-refractivity contribution in [1.82, 2.24) is 14.6 Å². The van der Waals surface area contributed by atoms with Crippen LogP contribution in [-0.4, -0.2) is 51.8 Å². The number of halogens is 1. The molecule has 3 heterocycles. The van der Waals surface area contributed by atoms with Crippen molar-refractivity contribution in [2.24, 2.45) is 0 Å². The number of hydrogen-bond donors (Lipinski definition) is 2. The molecule has 11 heteroatoms. The van der Waals surface area contributed by atoms with E-state index in [0.29, 0.717) is 37.2 Å². The molecule has 176 valence electrons. The maximum Gasteiger partial charge on any atom is 0.287 e. The van der Waals surface area contributed by atoms with E-state index in [0.717, 1.165) is 36.8 Å². The summed E-state index contributed by atoms with van der Waals surface area (Å²) in [6.07, 6.45) is 3.25. The molecule has 9 nitrogen and oxygen atoms in total. The zero-order valence-electron chi connectivity index (χ0n) is 17.9. The Balaban J connectivity index is 1.18. The minimum absolute atomic E-state index is 0.000670. The van der Waals surface area contributed by atoms with Gasteiger partial charge in [0.15, 0.2) is 27.1 Å². The zero-order valence-corrected chi connectivity index (χ0v) is 19.5. The third kappa shape index (κ3) is 4.65. The number of ether oxygens (including phenoxy) is 1. The molecule has 33 heavy (non-hydrogen) atoms. The van der Waals surface area contributed by atoms with E-state index in [-0.39, 0.29) is 28.7 Å². The largest absolute Gasteiger partial charge is 0.440 e. The molecule has 2 aliphatic rings. The van der Waals surface area contributed by atoms with E-state index in [1.165, 1.54) is 16.4 Å². The Hall–Kier alpha value is -2.40. The van der Waals surface area contributed by atoms with Gasteiger partial charge >= 0.3 is 0 Å². The number of carbonyl (C=O) groups is 1. The van der Waals surface area contributed by atoms with E-state index in [4.69, 9.17) is 30.0 Å². The standard InChI is InChI=1S/C22H25ClN4O5S/c23-15-3-6-18-17(13-15)26-22(32-18)14-1-4-16(5-2-14)25-21(28)19-7-8-20(31-19)33(24,29)27-9-11-30-12-10-27/h3,6-8,13-14,16,24H,1-2,4-5,9-12H2,(H,25,28). The van der Waals surface area contributed by atoms with E-state index in [1.54, 1.807) is 12.1 Å². The number of hydrogen-bond acceptors (Lipinski definition) is 7. The molecular weight excluding hydrogens is 468 g/mol. The Morgan fingerprint density at radius 1 is 1.12 bits per heavy atom. The fourth-order valence-electron chi connectivity index (χ4n) is 4.36. The Kier molecular flexibility index (Phi) is 6.17. The number of carbonyl (C=O) groups excluding carboxylic acids is 1. The number of amides is 1. The van der Waals surface area contributed by atoms with E-state index >= 15 is 0 Å². The highest BCUT2D eigenvalue weighted by atomic mass is 35.5. The maximum atomic E-state index is 12.9. The van der Waals surface area contributed by atoms with Gasteiger partial charge in [0.05, 0.1) is 13.2 Å². The second-order valence-electron chi connectivity index (χ2n) is 8.37. The molecule has 2 N–H and O–H groups in total. The molecule has 1 amide bonds. The molecule has 5 rings (SSSR count). The van der Waals surface area contributed by atoms with Crippen molar-refractivity contribution in [3.8, 4) is 0 Å².